The lowest BCUT2D eigenvalue weighted by Gasteiger charge is -2.35. The van der Waals surface area contributed by atoms with Gasteiger partial charge in [0.2, 0.25) is 0 Å². The molecule has 0 saturated carbocycles. The predicted molar refractivity (Wildman–Crippen MR) is 129 cm³/mol. The second-order valence-corrected chi connectivity index (χ2v) is 9.14. The molecular weight excluding hydrogens is 479 g/mol. The van der Waals surface area contributed by atoms with Crippen LogP contribution in [-0.4, -0.2) is 100 Å². The van der Waals surface area contributed by atoms with Gasteiger partial charge in [0.25, 0.3) is 5.91 Å². The lowest BCUT2D eigenvalue weighted by molar-refractivity contribution is -0.192. The maximum absolute atomic E-state index is 13.5. The molecule has 3 heterocycles. The predicted octanol–water partition coefficient (Wildman–Crippen LogP) is 3.46. The van der Waals surface area contributed by atoms with E-state index in [1.54, 1.807) is 18.7 Å². The molecule has 12 heteroatoms. The minimum atomic E-state index is -5.08. The van der Waals surface area contributed by atoms with E-state index < -0.39 is 12.1 Å². The quantitative estimate of drug-likeness (QED) is 0.572. The van der Waals surface area contributed by atoms with Gasteiger partial charge in [0.15, 0.2) is 0 Å². The van der Waals surface area contributed by atoms with Gasteiger partial charge < -0.3 is 24.4 Å². The Morgan fingerprint density at radius 1 is 1.00 bits per heavy atom. The molecule has 0 bridgehead atoms. The van der Waals surface area contributed by atoms with Gasteiger partial charge in [0.05, 0.1) is 16.6 Å². The zero-order valence-electron chi connectivity index (χ0n) is 20.8. The standard InChI is InChI=1S/C22H29N5O2.C2HF3O2/c1-23(2)15-10-12-26(13-11-15)21(28)19-14-18-20(27(19)22(29)24(3)4)16-8-6-7-9-17(16)25(18)5;3-2(4,5)1(6)7/h6-9,14-15H,10-13H2,1-5H3;(H,6,7). The summed E-state index contributed by atoms with van der Waals surface area (Å²) in [6, 6.07) is 10.2. The average Bonchev–Trinajstić information content (AvgIpc) is 3.34. The number of carboxylic acids is 1. The number of para-hydroxylation sites is 1. The van der Waals surface area contributed by atoms with Crippen molar-refractivity contribution in [3.05, 3.63) is 36.0 Å². The first-order valence-corrected chi connectivity index (χ1v) is 11.3. The number of hydrogen-bond donors (Lipinski definition) is 1. The molecule has 3 aromatic rings. The van der Waals surface area contributed by atoms with E-state index in [0.717, 1.165) is 34.8 Å². The first-order chi connectivity index (χ1) is 16.8. The molecule has 2 aromatic heterocycles. The fourth-order valence-electron chi connectivity index (χ4n) is 4.41. The summed E-state index contributed by atoms with van der Waals surface area (Å²) in [6.07, 6.45) is -3.19. The van der Waals surface area contributed by atoms with E-state index in [1.165, 1.54) is 4.90 Å². The van der Waals surface area contributed by atoms with Crippen molar-refractivity contribution in [2.45, 2.75) is 25.1 Å². The fourth-order valence-corrected chi connectivity index (χ4v) is 4.41. The highest BCUT2D eigenvalue weighted by Crippen LogP contribution is 2.32. The molecule has 0 radical (unpaired) electrons. The van der Waals surface area contributed by atoms with Crippen LogP contribution in [0.3, 0.4) is 0 Å². The highest BCUT2D eigenvalue weighted by atomic mass is 19.4. The molecule has 1 fully saturated rings. The first-order valence-electron chi connectivity index (χ1n) is 11.3. The molecule has 2 amide bonds. The van der Waals surface area contributed by atoms with Crippen LogP contribution in [-0.2, 0) is 11.8 Å². The summed E-state index contributed by atoms with van der Waals surface area (Å²) >= 11 is 0. The van der Waals surface area contributed by atoms with Crippen molar-refractivity contribution in [1.82, 2.24) is 23.8 Å². The van der Waals surface area contributed by atoms with Crippen LogP contribution in [0.2, 0.25) is 0 Å². The molecule has 1 aliphatic heterocycles. The topological polar surface area (TPSA) is 91.0 Å². The molecular formula is C24H30F3N5O4. The molecule has 196 valence electrons. The number of aryl methyl sites for hydroxylation is 1. The van der Waals surface area contributed by atoms with Crippen molar-refractivity contribution < 1.29 is 32.7 Å². The van der Waals surface area contributed by atoms with Gasteiger partial charge in [-0.25, -0.2) is 9.59 Å². The van der Waals surface area contributed by atoms with Crippen molar-refractivity contribution in [2.24, 2.45) is 7.05 Å². The number of fused-ring (bicyclic) bond motifs is 3. The number of hydrogen-bond acceptors (Lipinski definition) is 4. The highest BCUT2D eigenvalue weighted by Gasteiger charge is 2.38. The van der Waals surface area contributed by atoms with Crippen molar-refractivity contribution in [3.8, 4) is 0 Å². The maximum atomic E-state index is 13.5. The largest absolute Gasteiger partial charge is 0.490 e. The van der Waals surface area contributed by atoms with Crippen LogP contribution in [0.1, 0.15) is 23.3 Å². The zero-order valence-corrected chi connectivity index (χ0v) is 20.8. The Balaban J connectivity index is 0.000000454. The number of aromatic nitrogens is 2. The van der Waals surface area contributed by atoms with Crippen LogP contribution < -0.4 is 0 Å². The summed E-state index contributed by atoms with van der Waals surface area (Å²) in [7, 11) is 9.58. The van der Waals surface area contributed by atoms with Crippen molar-refractivity contribution >= 4 is 39.8 Å². The minimum Gasteiger partial charge on any atom is -0.475 e. The molecule has 0 unspecified atom stereocenters. The molecule has 0 atom stereocenters. The molecule has 9 nitrogen and oxygen atoms in total. The molecule has 1 aromatic carbocycles. The number of benzene rings is 1. The number of rotatable bonds is 2. The second-order valence-electron chi connectivity index (χ2n) is 9.14. The van der Waals surface area contributed by atoms with E-state index in [1.807, 2.05) is 42.3 Å². The van der Waals surface area contributed by atoms with Gasteiger partial charge in [-0.15, -0.1) is 0 Å². The Kier molecular flexibility index (Phi) is 7.68. The summed E-state index contributed by atoms with van der Waals surface area (Å²) in [5, 5.41) is 8.10. The van der Waals surface area contributed by atoms with Crippen molar-refractivity contribution in [3.63, 3.8) is 0 Å². The number of carboxylic acid groups (broad SMARTS) is 1. The lowest BCUT2D eigenvalue weighted by atomic mass is 10.0. The number of alkyl halides is 3. The number of halogens is 3. The van der Waals surface area contributed by atoms with E-state index in [2.05, 4.69) is 23.6 Å². The summed E-state index contributed by atoms with van der Waals surface area (Å²) in [6.45, 7) is 1.42. The van der Waals surface area contributed by atoms with E-state index in [9.17, 15) is 22.8 Å². The summed E-state index contributed by atoms with van der Waals surface area (Å²) < 4.78 is 35.4. The minimum absolute atomic E-state index is 0.0716. The Bertz CT molecular complexity index is 1280. The molecule has 1 saturated heterocycles. The van der Waals surface area contributed by atoms with Crippen LogP contribution >= 0.6 is 0 Å². The number of aliphatic carboxylic acids is 1. The average molecular weight is 510 g/mol. The van der Waals surface area contributed by atoms with Crippen molar-refractivity contribution in [1.29, 1.82) is 0 Å². The lowest BCUT2D eigenvalue weighted by Crippen LogP contribution is -2.45. The van der Waals surface area contributed by atoms with Gasteiger partial charge in [0, 0.05) is 45.7 Å². The van der Waals surface area contributed by atoms with Gasteiger partial charge in [-0.05, 0) is 39.1 Å². The third kappa shape index (κ3) is 5.18. The Morgan fingerprint density at radius 2 is 1.56 bits per heavy atom. The smallest absolute Gasteiger partial charge is 0.475 e. The molecule has 4 rings (SSSR count). The fraction of sp³-hybridized carbons (Fsp3) is 0.458. The highest BCUT2D eigenvalue weighted by molar-refractivity contribution is 6.14. The molecule has 36 heavy (non-hydrogen) atoms. The van der Waals surface area contributed by atoms with Gasteiger partial charge in [-0.1, -0.05) is 18.2 Å². The van der Waals surface area contributed by atoms with Crippen LogP contribution in [0.25, 0.3) is 21.9 Å². The van der Waals surface area contributed by atoms with Gasteiger partial charge in [-0.3, -0.25) is 9.36 Å². The third-order valence-corrected chi connectivity index (χ3v) is 6.38. The van der Waals surface area contributed by atoms with E-state index >= 15 is 0 Å². The maximum Gasteiger partial charge on any atom is 0.490 e. The third-order valence-electron chi connectivity index (χ3n) is 6.38. The van der Waals surface area contributed by atoms with Crippen molar-refractivity contribution in [2.75, 3.05) is 41.3 Å². The summed E-state index contributed by atoms with van der Waals surface area (Å²) in [5.74, 6) is -2.83. The number of carbonyl (C=O) groups is 3. The Morgan fingerprint density at radius 3 is 2.06 bits per heavy atom. The summed E-state index contributed by atoms with van der Waals surface area (Å²) in [4.78, 5) is 41.1. The van der Waals surface area contributed by atoms with Gasteiger partial charge in [0.1, 0.15) is 5.69 Å². The van der Waals surface area contributed by atoms with Gasteiger partial charge >= 0.3 is 18.2 Å². The number of carbonyl (C=O) groups excluding carboxylic acids is 2. The number of nitrogens with zero attached hydrogens (tertiary/aromatic N) is 5. The van der Waals surface area contributed by atoms with E-state index in [-0.39, 0.29) is 11.9 Å². The SMILES string of the molecule is CN(C)C(=O)n1c(C(=O)N2CCC(N(C)C)CC2)cc2c1c1ccccc1n2C.O=C(O)C(F)(F)F. The molecule has 1 aliphatic rings. The number of amides is 2. The van der Waals surface area contributed by atoms with Crippen LogP contribution in [0.15, 0.2) is 30.3 Å². The Labute approximate surface area is 206 Å². The van der Waals surface area contributed by atoms with Crippen LogP contribution in [0.5, 0.6) is 0 Å². The second kappa shape index (κ2) is 10.2. The first kappa shape index (κ1) is 27.1. The van der Waals surface area contributed by atoms with Crippen LogP contribution in [0.4, 0.5) is 18.0 Å². The molecule has 0 aliphatic carbocycles. The zero-order chi connectivity index (χ0) is 26.9. The van der Waals surface area contributed by atoms with E-state index in [4.69, 9.17) is 9.90 Å². The Hall–Kier alpha value is -3.54. The number of piperidine rings is 1. The van der Waals surface area contributed by atoms with Crippen LogP contribution in [0, 0.1) is 0 Å². The number of likely N-dealkylation sites (tertiary alicyclic amines) is 1. The van der Waals surface area contributed by atoms with Gasteiger partial charge in [-0.2, -0.15) is 13.2 Å². The summed E-state index contributed by atoms with van der Waals surface area (Å²) in [5.41, 5.74) is 3.18. The van der Waals surface area contributed by atoms with E-state index in [0.29, 0.717) is 24.8 Å². The monoisotopic (exact) mass is 509 g/mol. The molecule has 1 N–H and O–H groups in total. The normalized spacial score (nSPS) is 14.8. The molecule has 0 spiro atoms.